The second kappa shape index (κ2) is 11.1. The van der Waals surface area contributed by atoms with Gasteiger partial charge in [-0.25, -0.2) is 0 Å². The van der Waals surface area contributed by atoms with Crippen molar-refractivity contribution in [1.82, 2.24) is 20.4 Å². The third-order valence-electron chi connectivity index (χ3n) is 6.39. The van der Waals surface area contributed by atoms with Crippen molar-refractivity contribution in [2.75, 3.05) is 53.0 Å². The third kappa shape index (κ3) is 5.86. The largest absolute Gasteiger partial charge is 0.379 e. The number of morpholine rings is 1. The summed E-state index contributed by atoms with van der Waals surface area (Å²) in [5.74, 6) is 0.874. The number of rotatable bonds is 7. The second-order valence-corrected chi connectivity index (χ2v) is 9.33. The number of hydrogen-bond acceptors (Lipinski definition) is 5. The van der Waals surface area contributed by atoms with Crippen molar-refractivity contribution < 1.29 is 4.74 Å². The van der Waals surface area contributed by atoms with E-state index in [4.69, 9.17) is 4.74 Å². The van der Waals surface area contributed by atoms with Crippen LogP contribution in [-0.2, 0) is 17.7 Å². The van der Waals surface area contributed by atoms with Gasteiger partial charge in [-0.05, 0) is 35.9 Å². The van der Waals surface area contributed by atoms with Crippen molar-refractivity contribution in [3.05, 3.63) is 57.8 Å². The first-order valence-corrected chi connectivity index (χ1v) is 12.2. The molecule has 0 bridgehead atoms. The van der Waals surface area contributed by atoms with Crippen molar-refractivity contribution in [2.24, 2.45) is 4.99 Å². The van der Waals surface area contributed by atoms with Crippen LogP contribution >= 0.6 is 11.3 Å². The standard InChI is InChI=1S/C24H35N5OS/c1-19(29-10-9-20-6-3-4-7-21(20)18-29)16-26-24(25-2)27-17-22(23-8-5-15-31-23)28-11-13-30-14-12-28/h3-8,15,19,22H,9-14,16-18H2,1-2H3,(H2,25,26,27). The molecule has 2 unspecified atom stereocenters. The Morgan fingerprint density at radius 1 is 1.03 bits per heavy atom. The van der Waals surface area contributed by atoms with Gasteiger partial charge in [-0.2, -0.15) is 0 Å². The Morgan fingerprint density at radius 3 is 2.55 bits per heavy atom. The van der Waals surface area contributed by atoms with Crippen LogP contribution < -0.4 is 10.6 Å². The molecule has 0 spiro atoms. The molecule has 2 aliphatic rings. The lowest BCUT2D eigenvalue weighted by Crippen LogP contribution is -2.49. The minimum Gasteiger partial charge on any atom is -0.379 e. The van der Waals surface area contributed by atoms with E-state index in [1.165, 1.54) is 16.0 Å². The Balaban J connectivity index is 1.29. The van der Waals surface area contributed by atoms with Crippen LogP contribution in [0.3, 0.4) is 0 Å². The van der Waals surface area contributed by atoms with Crippen LogP contribution in [0.25, 0.3) is 0 Å². The lowest BCUT2D eigenvalue weighted by molar-refractivity contribution is 0.0177. The minimum atomic E-state index is 0.346. The molecule has 2 aliphatic heterocycles. The Bertz CT molecular complexity index is 834. The maximum atomic E-state index is 5.56. The normalized spacial score (nSPS) is 20.1. The van der Waals surface area contributed by atoms with Gasteiger partial charge in [0.25, 0.3) is 0 Å². The molecule has 1 saturated heterocycles. The SMILES string of the molecule is CN=C(NCC(C)N1CCc2ccccc2C1)NCC(c1cccs1)N1CCOCC1. The van der Waals surface area contributed by atoms with E-state index in [9.17, 15) is 0 Å². The summed E-state index contributed by atoms with van der Waals surface area (Å²) in [7, 11) is 1.85. The molecule has 1 aromatic carbocycles. The van der Waals surface area contributed by atoms with Gasteiger partial charge < -0.3 is 15.4 Å². The van der Waals surface area contributed by atoms with Crippen LogP contribution in [0, 0.1) is 0 Å². The molecule has 4 rings (SSSR count). The van der Waals surface area contributed by atoms with Gasteiger partial charge in [0.15, 0.2) is 5.96 Å². The summed E-state index contributed by atoms with van der Waals surface area (Å²) < 4.78 is 5.56. The van der Waals surface area contributed by atoms with Crippen LogP contribution in [0.4, 0.5) is 0 Å². The molecule has 1 aromatic heterocycles. The molecule has 6 nitrogen and oxygen atoms in total. The highest BCUT2D eigenvalue weighted by atomic mass is 32.1. The van der Waals surface area contributed by atoms with E-state index in [1.807, 2.05) is 18.4 Å². The maximum absolute atomic E-state index is 5.56. The molecule has 0 radical (unpaired) electrons. The zero-order valence-corrected chi connectivity index (χ0v) is 19.5. The van der Waals surface area contributed by atoms with Crippen molar-refractivity contribution >= 4 is 17.3 Å². The molecular weight excluding hydrogens is 406 g/mol. The number of nitrogens with zero attached hydrogens (tertiary/aromatic N) is 3. The second-order valence-electron chi connectivity index (χ2n) is 8.35. The molecular formula is C24H35N5OS. The van der Waals surface area contributed by atoms with E-state index >= 15 is 0 Å². The average Bonchev–Trinajstić information content (AvgIpc) is 3.36. The van der Waals surface area contributed by atoms with Gasteiger partial charge in [0.05, 0.1) is 19.3 Å². The number of nitrogens with one attached hydrogen (secondary N) is 2. The van der Waals surface area contributed by atoms with Crippen LogP contribution in [-0.4, -0.2) is 74.8 Å². The zero-order chi connectivity index (χ0) is 21.5. The highest BCUT2D eigenvalue weighted by molar-refractivity contribution is 7.10. The molecule has 31 heavy (non-hydrogen) atoms. The highest BCUT2D eigenvalue weighted by Gasteiger charge is 2.24. The van der Waals surface area contributed by atoms with E-state index in [-0.39, 0.29) is 0 Å². The maximum Gasteiger partial charge on any atom is 0.191 e. The minimum absolute atomic E-state index is 0.346. The summed E-state index contributed by atoms with van der Waals surface area (Å²) in [5.41, 5.74) is 2.96. The zero-order valence-electron chi connectivity index (χ0n) is 18.7. The number of fused-ring (bicyclic) bond motifs is 1. The quantitative estimate of drug-likeness (QED) is 0.511. The molecule has 168 valence electrons. The van der Waals surface area contributed by atoms with Crippen LogP contribution in [0.5, 0.6) is 0 Å². The Morgan fingerprint density at radius 2 is 1.81 bits per heavy atom. The monoisotopic (exact) mass is 441 g/mol. The predicted octanol–water partition coefficient (Wildman–Crippen LogP) is 2.73. The molecule has 0 aliphatic carbocycles. The third-order valence-corrected chi connectivity index (χ3v) is 7.37. The Hall–Kier alpha value is -1.93. The van der Waals surface area contributed by atoms with Crippen molar-refractivity contribution in [3.63, 3.8) is 0 Å². The fourth-order valence-electron chi connectivity index (χ4n) is 4.46. The van der Waals surface area contributed by atoms with E-state index in [0.29, 0.717) is 12.1 Å². The summed E-state index contributed by atoms with van der Waals surface area (Å²) in [6, 6.07) is 14.0. The summed E-state index contributed by atoms with van der Waals surface area (Å²) in [6.07, 6.45) is 1.13. The molecule has 0 saturated carbocycles. The van der Waals surface area contributed by atoms with Gasteiger partial charge in [-0.1, -0.05) is 30.3 Å². The van der Waals surface area contributed by atoms with E-state index in [1.54, 1.807) is 0 Å². The van der Waals surface area contributed by atoms with Crippen LogP contribution in [0.2, 0.25) is 0 Å². The summed E-state index contributed by atoms with van der Waals surface area (Å²) in [4.78, 5) is 10.9. The molecule has 2 N–H and O–H groups in total. The van der Waals surface area contributed by atoms with E-state index in [0.717, 1.165) is 64.9 Å². The van der Waals surface area contributed by atoms with E-state index < -0.39 is 0 Å². The summed E-state index contributed by atoms with van der Waals surface area (Å²) >= 11 is 1.83. The number of thiophene rings is 1. The number of benzene rings is 1. The van der Waals surface area contributed by atoms with Crippen LogP contribution in [0.1, 0.15) is 29.0 Å². The summed E-state index contributed by atoms with van der Waals surface area (Å²) in [6.45, 7) is 9.74. The van der Waals surface area contributed by atoms with Crippen LogP contribution in [0.15, 0.2) is 46.8 Å². The van der Waals surface area contributed by atoms with E-state index in [2.05, 4.69) is 74.1 Å². The fourth-order valence-corrected chi connectivity index (χ4v) is 5.32. The summed E-state index contributed by atoms with van der Waals surface area (Å²) in [5, 5.41) is 9.29. The number of hydrogen-bond donors (Lipinski definition) is 2. The first-order chi connectivity index (χ1) is 15.2. The smallest absolute Gasteiger partial charge is 0.191 e. The average molecular weight is 442 g/mol. The Labute approximate surface area is 190 Å². The predicted molar refractivity (Wildman–Crippen MR) is 129 cm³/mol. The van der Waals surface area contributed by atoms with Gasteiger partial charge in [0.2, 0.25) is 0 Å². The molecule has 0 amide bonds. The Kier molecular flexibility index (Phi) is 7.97. The van der Waals surface area contributed by atoms with Crippen molar-refractivity contribution in [1.29, 1.82) is 0 Å². The molecule has 1 fully saturated rings. The van der Waals surface area contributed by atoms with Gasteiger partial charge in [-0.3, -0.25) is 14.8 Å². The fraction of sp³-hybridized carbons (Fsp3) is 0.542. The molecule has 2 aromatic rings. The lowest BCUT2D eigenvalue weighted by Gasteiger charge is -2.35. The van der Waals surface area contributed by atoms with Crippen molar-refractivity contribution in [3.8, 4) is 0 Å². The van der Waals surface area contributed by atoms with Gasteiger partial charge in [-0.15, -0.1) is 11.3 Å². The molecule has 2 atom stereocenters. The number of guanidine groups is 1. The molecule has 7 heteroatoms. The van der Waals surface area contributed by atoms with Gasteiger partial charge >= 0.3 is 0 Å². The molecule has 3 heterocycles. The lowest BCUT2D eigenvalue weighted by atomic mass is 9.99. The number of aliphatic imine (C=N–C) groups is 1. The van der Waals surface area contributed by atoms with Gasteiger partial charge in [0.1, 0.15) is 0 Å². The van der Waals surface area contributed by atoms with Gasteiger partial charge in [0, 0.05) is 57.2 Å². The highest BCUT2D eigenvalue weighted by Crippen LogP contribution is 2.25. The first-order valence-electron chi connectivity index (χ1n) is 11.3. The number of ether oxygens (including phenoxy) is 1. The topological polar surface area (TPSA) is 52.1 Å². The first kappa shape index (κ1) is 22.3. The van der Waals surface area contributed by atoms with Crippen molar-refractivity contribution in [2.45, 2.75) is 32.0 Å².